The van der Waals surface area contributed by atoms with Crippen LogP contribution in [0.4, 0.5) is 0 Å². The van der Waals surface area contributed by atoms with Crippen LogP contribution in [0.5, 0.6) is 0 Å². The van der Waals surface area contributed by atoms with Crippen LogP contribution in [0.15, 0.2) is 0 Å². The number of hydrogen-bond donors (Lipinski definition) is 2. The highest BCUT2D eigenvalue weighted by molar-refractivity contribution is 5.89. The van der Waals surface area contributed by atoms with Crippen molar-refractivity contribution >= 4 is 11.8 Å². The van der Waals surface area contributed by atoms with Crippen molar-refractivity contribution in [2.24, 2.45) is 11.7 Å². The lowest BCUT2D eigenvalue weighted by atomic mass is 9.97. The van der Waals surface area contributed by atoms with Crippen LogP contribution in [0.2, 0.25) is 0 Å². The summed E-state index contributed by atoms with van der Waals surface area (Å²) in [5.41, 5.74) is 5.87. The van der Waals surface area contributed by atoms with Crippen molar-refractivity contribution in [3.63, 3.8) is 0 Å². The van der Waals surface area contributed by atoms with Gasteiger partial charge in [-0.25, -0.2) is 0 Å². The predicted molar refractivity (Wildman–Crippen MR) is 66.2 cm³/mol. The molecule has 1 aliphatic heterocycles. The van der Waals surface area contributed by atoms with E-state index in [0.29, 0.717) is 6.54 Å². The molecule has 1 aliphatic rings. The Hall–Kier alpha value is -1.10. The first-order chi connectivity index (χ1) is 7.99. The second kappa shape index (κ2) is 6.00. The van der Waals surface area contributed by atoms with Gasteiger partial charge in [0.15, 0.2) is 0 Å². The van der Waals surface area contributed by atoms with E-state index >= 15 is 0 Å². The average Bonchev–Trinajstić information content (AvgIpc) is 2.35. The summed E-state index contributed by atoms with van der Waals surface area (Å²) < 4.78 is 0. The van der Waals surface area contributed by atoms with Gasteiger partial charge in [0, 0.05) is 13.6 Å². The molecule has 5 nitrogen and oxygen atoms in total. The van der Waals surface area contributed by atoms with Crippen LogP contribution in [0, 0.1) is 5.92 Å². The van der Waals surface area contributed by atoms with Gasteiger partial charge >= 0.3 is 0 Å². The normalized spacial score (nSPS) is 22.4. The van der Waals surface area contributed by atoms with E-state index in [2.05, 4.69) is 5.32 Å². The van der Waals surface area contributed by atoms with E-state index < -0.39 is 6.04 Å². The number of likely N-dealkylation sites (N-methyl/N-ethyl adjacent to an activating group) is 1. The number of piperidine rings is 1. The fraction of sp³-hybridized carbons (Fsp3) is 0.833. The molecule has 0 saturated carbocycles. The summed E-state index contributed by atoms with van der Waals surface area (Å²) in [6.45, 7) is 4.47. The number of carbonyl (C=O) groups is 2. The average molecular weight is 241 g/mol. The van der Waals surface area contributed by atoms with Crippen molar-refractivity contribution in [3.05, 3.63) is 0 Å². The number of rotatable bonds is 3. The number of likely N-dealkylation sites (tertiary alicyclic amines) is 1. The van der Waals surface area contributed by atoms with Crippen LogP contribution >= 0.6 is 0 Å². The molecule has 2 amide bonds. The van der Waals surface area contributed by atoms with Gasteiger partial charge in [-0.2, -0.15) is 0 Å². The molecule has 0 bridgehead atoms. The summed E-state index contributed by atoms with van der Waals surface area (Å²) in [5.74, 6) is -0.0999. The molecule has 1 heterocycles. The van der Waals surface area contributed by atoms with Gasteiger partial charge in [0.2, 0.25) is 11.8 Å². The molecule has 0 aromatic heterocycles. The van der Waals surface area contributed by atoms with Crippen LogP contribution in [-0.2, 0) is 9.59 Å². The van der Waals surface area contributed by atoms with Gasteiger partial charge in [-0.15, -0.1) is 0 Å². The maximum absolute atomic E-state index is 12.2. The largest absolute Gasteiger partial charge is 0.357 e. The lowest BCUT2D eigenvalue weighted by Crippen LogP contribution is -2.56. The molecule has 0 aliphatic carbocycles. The Bertz CT molecular complexity index is 291. The van der Waals surface area contributed by atoms with Crippen molar-refractivity contribution in [3.8, 4) is 0 Å². The minimum Gasteiger partial charge on any atom is -0.357 e. The van der Waals surface area contributed by atoms with Crippen molar-refractivity contribution in [1.29, 1.82) is 0 Å². The van der Waals surface area contributed by atoms with E-state index in [1.165, 1.54) is 0 Å². The maximum Gasteiger partial charge on any atom is 0.242 e. The molecular weight excluding hydrogens is 218 g/mol. The molecule has 1 saturated heterocycles. The van der Waals surface area contributed by atoms with Gasteiger partial charge in [-0.05, 0) is 25.2 Å². The molecule has 98 valence electrons. The number of nitrogens with zero attached hydrogens (tertiary/aromatic N) is 1. The van der Waals surface area contributed by atoms with Crippen LogP contribution in [0.1, 0.15) is 33.1 Å². The summed E-state index contributed by atoms with van der Waals surface area (Å²) in [6, 6.07) is -0.855. The second-order valence-corrected chi connectivity index (χ2v) is 4.93. The summed E-state index contributed by atoms with van der Waals surface area (Å²) in [5, 5.41) is 2.61. The summed E-state index contributed by atoms with van der Waals surface area (Å²) >= 11 is 0. The van der Waals surface area contributed by atoms with E-state index in [1.54, 1.807) is 11.9 Å². The maximum atomic E-state index is 12.2. The molecule has 0 radical (unpaired) electrons. The number of amides is 2. The Morgan fingerprint density at radius 2 is 2.00 bits per heavy atom. The van der Waals surface area contributed by atoms with Crippen LogP contribution in [0.25, 0.3) is 0 Å². The Morgan fingerprint density at radius 3 is 2.53 bits per heavy atom. The first-order valence-corrected chi connectivity index (χ1v) is 6.26. The molecule has 0 aromatic carbocycles. The zero-order valence-electron chi connectivity index (χ0n) is 10.9. The van der Waals surface area contributed by atoms with Crippen LogP contribution in [-0.4, -0.2) is 42.4 Å². The topological polar surface area (TPSA) is 75.4 Å². The standard InChI is InChI=1S/C12H23N3O2/c1-8(2)10(13)12(17)15-7-5-4-6-9(15)11(16)14-3/h8-10H,4-7,13H2,1-3H3,(H,14,16)/t9?,10-/m1/s1. The minimum absolute atomic E-state index is 0.0889. The molecule has 0 aromatic rings. The fourth-order valence-corrected chi connectivity index (χ4v) is 2.11. The summed E-state index contributed by atoms with van der Waals surface area (Å²) in [7, 11) is 1.60. The second-order valence-electron chi connectivity index (χ2n) is 4.93. The molecule has 17 heavy (non-hydrogen) atoms. The highest BCUT2D eigenvalue weighted by Crippen LogP contribution is 2.19. The monoisotopic (exact) mass is 241 g/mol. The molecule has 1 rings (SSSR count). The summed E-state index contributed by atoms with van der Waals surface area (Å²) in [4.78, 5) is 25.6. The van der Waals surface area contributed by atoms with Crippen LogP contribution in [0.3, 0.4) is 0 Å². The van der Waals surface area contributed by atoms with Crippen LogP contribution < -0.4 is 11.1 Å². The van der Waals surface area contributed by atoms with E-state index in [4.69, 9.17) is 5.73 Å². The minimum atomic E-state index is -0.514. The molecule has 0 spiro atoms. The van der Waals surface area contributed by atoms with Gasteiger partial charge in [0.05, 0.1) is 6.04 Å². The van der Waals surface area contributed by atoms with Crippen molar-refractivity contribution < 1.29 is 9.59 Å². The molecule has 3 N–H and O–H groups in total. The Morgan fingerprint density at radius 1 is 1.35 bits per heavy atom. The van der Waals surface area contributed by atoms with Gasteiger partial charge < -0.3 is 16.0 Å². The van der Waals surface area contributed by atoms with Gasteiger partial charge in [0.1, 0.15) is 6.04 Å². The zero-order chi connectivity index (χ0) is 13.0. The third-order valence-corrected chi connectivity index (χ3v) is 3.34. The first kappa shape index (κ1) is 14.0. The van der Waals surface area contributed by atoms with Crippen molar-refractivity contribution in [2.75, 3.05) is 13.6 Å². The number of nitrogens with two attached hydrogens (primary N) is 1. The molecular formula is C12H23N3O2. The SMILES string of the molecule is CNC(=O)C1CCCCN1C(=O)[C@H](N)C(C)C. The Balaban J connectivity index is 2.77. The third kappa shape index (κ3) is 3.19. The zero-order valence-corrected chi connectivity index (χ0v) is 10.9. The summed E-state index contributed by atoms with van der Waals surface area (Å²) in [6.07, 6.45) is 2.67. The lowest BCUT2D eigenvalue weighted by molar-refractivity contribution is -0.143. The van der Waals surface area contributed by atoms with Gasteiger partial charge in [0.25, 0.3) is 0 Å². The van der Waals surface area contributed by atoms with E-state index in [1.807, 2.05) is 13.8 Å². The Labute approximate surface area is 103 Å². The smallest absolute Gasteiger partial charge is 0.242 e. The molecule has 2 atom stereocenters. The van der Waals surface area contributed by atoms with Crippen molar-refractivity contribution in [1.82, 2.24) is 10.2 Å². The number of hydrogen-bond acceptors (Lipinski definition) is 3. The fourth-order valence-electron chi connectivity index (χ4n) is 2.11. The predicted octanol–water partition coefficient (Wildman–Crippen LogP) is 0.0968. The molecule has 5 heteroatoms. The number of carbonyl (C=O) groups excluding carboxylic acids is 2. The van der Waals surface area contributed by atoms with E-state index in [-0.39, 0.29) is 23.8 Å². The Kier molecular flexibility index (Phi) is 4.93. The van der Waals surface area contributed by atoms with Gasteiger partial charge in [-0.3, -0.25) is 9.59 Å². The highest BCUT2D eigenvalue weighted by atomic mass is 16.2. The molecule has 1 fully saturated rings. The van der Waals surface area contributed by atoms with Gasteiger partial charge in [-0.1, -0.05) is 13.8 Å². The lowest BCUT2D eigenvalue weighted by Gasteiger charge is -2.36. The third-order valence-electron chi connectivity index (χ3n) is 3.34. The van der Waals surface area contributed by atoms with Crippen molar-refractivity contribution in [2.45, 2.75) is 45.2 Å². The van der Waals surface area contributed by atoms with E-state index in [0.717, 1.165) is 19.3 Å². The highest BCUT2D eigenvalue weighted by Gasteiger charge is 2.34. The molecule has 1 unspecified atom stereocenters. The number of nitrogens with one attached hydrogen (secondary N) is 1. The quantitative estimate of drug-likeness (QED) is 0.735. The first-order valence-electron chi connectivity index (χ1n) is 6.26. The van der Waals surface area contributed by atoms with E-state index in [9.17, 15) is 9.59 Å².